The van der Waals surface area contributed by atoms with Gasteiger partial charge in [-0.25, -0.2) is 4.39 Å². The Balaban J connectivity index is 2.17. The fourth-order valence-electron chi connectivity index (χ4n) is 2.51. The molecule has 0 aromatic heterocycles. The van der Waals surface area contributed by atoms with Crippen LogP contribution in [0.15, 0.2) is 36.4 Å². The van der Waals surface area contributed by atoms with E-state index in [4.69, 9.17) is 23.2 Å². The monoisotopic (exact) mass is 353 g/mol. The summed E-state index contributed by atoms with van der Waals surface area (Å²) in [7, 11) is 0. The van der Waals surface area contributed by atoms with Crippen molar-refractivity contribution in [1.82, 2.24) is 5.32 Å². The first-order valence-electron chi connectivity index (χ1n) is 7.21. The Labute approximate surface area is 145 Å². The quantitative estimate of drug-likeness (QED) is 0.801. The molecular weight excluding hydrogens is 336 g/mol. The van der Waals surface area contributed by atoms with Gasteiger partial charge in [0.2, 0.25) is 0 Å². The summed E-state index contributed by atoms with van der Waals surface area (Å²) < 4.78 is 15.0. The van der Waals surface area contributed by atoms with Crippen LogP contribution in [0.25, 0.3) is 0 Å². The van der Waals surface area contributed by atoms with Crippen LogP contribution in [0.4, 0.5) is 4.39 Å². The van der Waals surface area contributed by atoms with Crippen molar-refractivity contribution in [1.29, 1.82) is 0 Å². The fourth-order valence-corrected chi connectivity index (χ4v) is 3.12. The van der Waals surface area contributed by atoms with Gasteiger partial charge in [-0.05, 0) is 44.0 Å². The predicted octanol–water partition coefficient (Wildman–Crippen LogP) is 5.22. The van der Waals surface area contributed by atoms with Crippen molar-refractivity contribution in [2.24, 2.45) is 0 Å². The predicted molar refractivity (Wildman–Crippen MR) is 93.2 cm³/mol. The second-order valence-corrected chi connectivity index (χ2v) is 6.61. The summed E-state index contributed by atoms with van der Waals surface area (Å²) in [5.74, 6) is -0.297. The van der Waals surface area contributed by atoms with Crippen LogP contribution >= 0.6 is 23.2 Å². The van der Waals surface area contributed by atoms with Crippen molar-refractivity contribution >= 4 is 29.1 Å². The molecule has 5 heteroatoms. The van der Waals surface area contributed by atoms with Crippen molar-refractivity contribution in [2.75, 3.05) is 6.54 Å². The highest BCUT2D eigenvalue weighted by atomic mass is 35.5. The number of hydrogen-bond acceptors (Lipinski definition) is 1. The SMILES string of the molecule is Cc1cccc(C)c1C(=O)NC[C@@](C)(F)c1ccc(Cl)cc1Cl. The third kappa shape index (κ3) is 4.04. The summed E-state index contributed by atoms with van der Waals surface area (Å²) in [4.78, 5) is 12.4. The Bertz CT molecular complexity index is 724. The second kappa shape index (κ2) is 6.90. The van der Waals surface area contributed by atoms with Gasteiger partial charge in [0.25, 0.3) is 5.91 Å². The van der Waals surface area contributed by atoms with Gasteiger partial charge in [0.1, 0.15) is 0 Å². The van der Waals surface area contributed by atoms with Crippen LogP contribution in [0.2, 0.25) is 10.0 Å². The Morgan fingerprint density at radius 1 is 1.17 bits per heavy atom. The second-order valence-electron chi connectivity index (χ2n) is 5.77. The first kappa shape index (κ1) is 17.8. The van der Waals surface area contributed by atoms with Crippen LogP contribution in [-0.2, 0) is 5.67 Å². The van der Waals surface area contributed by atoms with Crippen molar-refractivity contribution in [3.8, 4) is 0 Å². The molecule has 0 fully saturated rings. The molecule has 0 saturated carbocycles. The van der Waals surface area contributed by atoms with E-state index < -0.39 is 5.67 Å². The molecule has 2 rings (SSSR count). The highest BCUT2D eigenvalue weighted by molar-refractivity contribution is 6.35. The van der Waals surface area contributed by atoms with E-state index in [1.807, 2.05) is 32.0 Å². The van der Waals surface area contributed by atoms with Crippen LogP contribution in [0.3, 0.4) is 0 Å². The molecule has 0 aliphatic heterocycles. The smallest absolute Gasteiger partial charge is 0.251 e. The molecule has 0 saturated heterocycles. The molecule has 2 aromatic carbocycles. The van der Waals surface area contributed by atoms with E-state index in [0.29, 0.717) is 16.1 Å². The van der Waals surface area contributed by atoms with Crippen molar-refractivity contribution < 1.29 is 9.18 Å². The van der Waals surface area contributed by atoms with Crippen LogP contribution in [0.5, 0.6) is 0 Å². The van der Waals surface area contributed by atoms with Gasteiger partial charge in [-0.3, -0.25) is 4.79 Å². The van der Waals surface area contributed by atoms with Crippen LogP contribution < -0.4 is 5.32 Å². The summed E-state index contributed by atoms with van der Waals surface area (Å²) in [5.41, 5.74) is 0.782. The van der Waals surface area contributed by atoms with Gasteiger partial charge >= 0.3 is 0 Å². The number of alkyl halides is 1. The number of benzene rings is 2. The number of nitrogens with one attached hydrogen (secondary N) is 1. The van der Waals surface area contributed by atoms with Gasteiger partial charge in [-0.1, -0.05) is 47.5 Å². The van der Waals surface area contributed by atoms with Gasteiger partial charge in [0.15, 0.2) is 5.67 Å². The van der Waals surface area contributed by atoms with E-state index in [1.54, 1.807) is 6.07 Å². The van der Waals surface area contributed by atoms with Crippen LogP contribution in [0.1, 0.15) is 34.0 Å². The third-order valence-electron chi connectivity index (χ3n) is 3.78. The minimum atomic E-state index is -1.80. The first-order chi connectivity index (χ1) is 10.7. The van der Waals surface area contributed by atoms with E-state index in [0.717, 1.165) is 11.1 Å². The Morgan fingerprint density at radius 2 is 1.78 bits per heavy atom. The van der Waals surface area contributed by atoms with Gasteiger partial charge in [-0.15, -0.1) is 0 Å². The summed E-state index contributed by atoms with van der Waals surface area (Å²) in [5, 5.41) is 3.33. The molecule has 122 valence electrons. The highest BCUT2D eigenvalue weighted by Gasteiger charge is 2.29. The zero-order valence-electron chi connectivity index (χ0n) is 13.2. The summed E-state index contributed by atoms with van der Waals surface area (Å²) >= 11 is 11.9. The fraction of sp³-hybridized carbons (Fsp3) is 0.278. The topological polar surface area (TPSA) is 29.1 Å². The van der Waals surface area contributed by atoms with Gasteiger partial charge in [0.05, 0.1) is 6.54 Å². The summed E-state index contributed by atoms with van der Waals surface area (Å²) in [6.07, 6.45) is 0. The Hall–Kier alpha value is -1.58. The standard InChI is InChI=1S/C18H18Cl2FNO/c1-11-5-4-6-12(2)16(11)17(23)22-10-18(3,21)14-8-7-13(19)9-15(14)20/h4-9H,10H2,1-3H3,(H,22,23)/t18-/m1/s1. The number of aryl methyl sites for hydroxylation is 2. The molecule has 0 radical (unpaired) electrons. The number of rotatable bonds is 4. The molecule has 23 heavy (non-hydrogen) atoms. The summed E-state index contributed by atoms with van der Waals surface area (Å²) in [6.45, 7) is 4.91. The number of hydrogen-bond donors (Lipinski definition) is 1. The lowest BCUT2D eigenvalue weighted by Gasteiger charge is -2.23. The number of carbonyl (C=O) groups excluding carboxylic acids is 1. The molecule has 1 amide bonds. The summed E-state index contributed by atoms with van der Waals surface area (Å²) in [6, 6.07) is 10.2. The van der Waals surface area contributed by atoms with Crippen molar-refractivity contribution in [3.63, 3.8) is 0 Å². The molecule has 0 spiro atoms. The lowest BCUT2D eigenvalue weighted by Crippen LogP contribution is -2.36. The molecule has 1 N–H and O–H groups in total. The molecule has 0 aliphatic rings. The maximum absolute atomic E-state index is 15.0. The average Bonchev–Trinajstić information content (AvgIpc) is 2.44. The molecule has 2 nitrogen and oxygen atoms in total. The molecule has 0 heterocycles. The highest BCUT2D eigenvalue weighted by Crippen LogP contribution is 2.33. The average molecular weight is 354 g/mol. The number of carbonyl (C=O) groups is 1. The van der Waals surface area contributed by atoms with Gasteiger partial charge in [0, 0.05) is 21.2 Å². The largest absolute Gasteiger partial charge is 0.348 e. The maximum atomic E-state index is 15.0. The Kier molecular flexibility index (Phi) is 5.33. The van der Waals surface area contributed by atoms with Gasteiger partial charge < -0.3 is 5.32 Å². The molecule has 0 unspecified atom stereocenters. The first-order valence-corrected chi connectivity index (χ1v) is 7.97. The number of halogens is 3. The van der Waals surface area contributed by atoms with Crippen LogP contribution in [-0.4, -0.2) is 12.5 Å². The van der Waals surface area contributed by atoms with Crippen LogP contribution in [0, 0.1) is 13.8 Å². The molecule has 2 aromatic rings. The van der Waals surface area contributed by atoms with E-state index in [1.165, 1.54) is 19.1 Å². The van der Waals surface area contributed by atoms with Crippen molar-refractivity contribution in [3.05, 3.63) is 68.7 Å². The van der Waals surface area contributed by atoms with E-state index >= 15 is 0 Å². The van der Waals surface area contributed by atoms with E-state index in [2.05, 4.69) is 5.32 Å². The zero-order valence-corrected chi connectivity index (χ0v) is 14.7. The third-order valence-corrected chi connectivity index (χ3v) is 4.33. The maximum Gasteiger partial charge on any atom is 0.251 e. The molecule has 1 atom stereocenters. The minimum Gasteiger partial charge on any atom is -0.348 e. The van der Waals surface area contributed by atoms with E-state index in [9.17, 15) is 9.18 Å². The molecule has 0 aliphatic carbocycles. The van der Waals surface area contributed by atoms with Crippen molar-refractivity contribution in [2.45, 2.75) is 26.4 Å². The lowest BCUT2D eigenvalue weighted by molar-refractivity contribution is 0.0909. The number of amides is 1. The Morgan fingerprint density at radius 3 is 2.35 bits per heavy atom. The van der Waals surface area contributed by atoms with Gasteiger partial charge in [-0.2, -0.15) is 0 Å². The normalized spacial score (nSPS) is 13.5. The minimum absolute atomic E-state index is 0.180. The zero-order chi connectivity index (χ0) is 17.2. The lowest BCUT2D eigenvalue weighted by atomic mass is 9.97. The molecule has 0 bridgehead atoms. The van der Waals surface area contributed by atoms with E-state index in [-0.39, 0.29) is 17.5 Å². The molecular formula is C18H18Cl2FNO.